The number of nitrogens with one attached hydrogen (secondary N) is 2. The highest BCUT2D eigenvalue weighted by Crippen LogP contribution is 2.26. The monoisotopic (exact) mass is 432 g/mol. The van der Waals surface area contributed by atoms with Gasteiger partial charge in [0.2, 0.25) is 11.8 Å². The fourth-order valence-corrected chi connectivity index (χ4v) is 3.54. The summed E-state index contributed by atoms with van der Waals surface area (Å²) in [6, 6.07) is 9.76. The molecular weight excluding hydrogens is 408 g/mol. The largest absolute Gasteiger partial charge is 0.496 e. The van der Waals surface area contributed by atoms with Gasteiger partial charge < -0.3 is 15.4 Å². The average Bonchev–Trinajstić information content (AvgIpc) is 2.61. The molecule has 0 atom stereocenters. The van der Waals surface area contributed by atoms with Gasteiger partial charge in [-0.1, -0.05) is 23.8 Å². The number of anilines is 1. The highest BCUT2D eigenvalue weighted by atomic mass is 79.9. The van der Waals surface area contributed by atoms with Crippen molar-refractivity contribution in [1.82, 2.24) is 5.32 Å². The van der Waals surface area contributed by atoms with E-state index in [2.05, 4.69) is 26.6 Å². The molecule has 0 spiro atoms. The molecule has 0 heterocycles. The maximum absolute atomic E-state index is 12.1. The predicted molar refractivity (Wildman–Crippen MR) is 111 cm³/mol. The lowest BCUT2D eigenvalue weighted by atomic mass is 10.1. The third-order valence-corrected chi connectivity index (χ3v) is 4.86. The Labute approximate surface area is 168 Å². The summed E-state index contributed by atoms with van der Waals surface area (Å²) >= 11 is 3.43. The van der Waals surface area contributed by atoms with Crippen molar-refractivity contribution in [2.24, 2.45) is 0 Å². The number of amides is 2. The van der Waals surface area contributed by atoms with Crippen LogP contribution in [-0.2, 0) is 16.0 Å². The van der Waals surface area contributed by atoms with Crippen LogP contribution in [0.15, 0.2) is 34.8 Å². The van der Waals surface area contributed by atoms with Crippen molar-refractivity contribution in [3.05, 3.63) is 57.1 Å². The molecule has 5 nitrogen and oxygen atoms in total. The van der Waals surface area contributed by atoms with Crippen molar-refractivity contribution >= 4 is 33.4 Å². The lowest BCUT2D eigenvalue weighted by Crippen LogP contribution is -2.33. The molecule has 0 fully saturated rings. The van der Waals surface area contributed by atoms with E-state index >= 15 is 0 Å². The quantitative estimate of drug-likeness (QED) is 0.692. The molecule has 0 unspecified atom stereocenters. The van der Waals surface area contributed by atoms with Gasteiger partial charge in [-0.05, 0) is 71.9 Å². The van der Waals surface area contributed by atoms with E-state index < -0.39 is 0 Å². The predicted octanol–water partition coefficient (Wildman–Crippen LogP) is 4.07. The number of ether oxygens (including phenoxy) is 1. The van der Waals surface area contributed by atoms with Crippen molar-refractivity contribution in [1.29, 1.82) is 0 Å². The second-order valence-corrected chi connectivity index (χ2v) is 7.42. The van der Waals surface area contributed by atoms with E-state index in [1.165, 1.54) is 0 Å². The van der Waals surface area contributed by atoms with E-state index in [0.29, 0.717) is 12.8 Å². The van der Waals surface area contributed by atoms with Gasteiger partial charge in [0.25, 0.3) is 0 Å². The molecule has 27 heavy (non-hydrogen) atoms. The van der Waals surface area contributed by atoms with Gasteiger partial charge >= 0.3 is 0 Å². The zero-order valence-electron chi connectivity index (χ0n) is 16.1. The van der Waals surface area contributed by atoms with E-state index in [0.717, 1.165) is 38.2 Å². The van der Waals surface area contributed by atoms with E-state index in [-0.39, 0.29) is 18.4 Å². The molecule has 0 radical (unpaired) electrons. The number of carbonyl (C=O) groups is 2. The number of hydrogen-bond donors (Lipinski definition) is 2. The van der Waals surface area contributed by atoms with E-state index in [1.54, 1.807) is 7.11 Å². The van der Waals surface area contributed by atoms with Crippen molar-refractivity contribution in [2.45, 2.75) is 33.6 Å². The highest BCUT2D eigenvalue weighted by Gasteiger charge is 2.10. The molecule has 2 rings (SSSR count). The summed E-state index contributed by atoms with van der Waals surface area (Å²) < 4.78 is 6.04. The fraction of sp³-hybridized carbons (Fsp3) is 0.333. The first-order chi connectivity index (χ1) is 12.8. The van der Waals surface area contributed by atoms with Crippen molar-refractivity contribution in [3.63, 3.8) is 0 Å². The van der Waals surface area contributed by atoms with Gasteiger partial charge in [0.15, 0.2) is 0 Å². The van der Waals surface area contributed by atoms with Crippen LogP contribution in [0.5, 0.6) is 5.75 Å². The minimum absolute atomic E-state index is 0.0438. The van der Waals surface area contributed by atoms with Crippen molar-refractivity contribution in [2.75, 3.05) is 19.0 Å². The lowest BCUT2D eigenvalue weighted by molar-refractivity contribution is -0.124. The van der Waals surface area contributed by atoms with Gasteiger partial charge in [0.05, 0.1) is 18.1 Å². The maximum atomic E-state index is 12.1. The number of halogens is 1. The van der Waals surface area contributed by atoms with Crippen LogP contribution in [0.2, 0.25) is 0 Å². The zero-order chi connectivity index (χ0) is 20.0. The summed E-state index contributed by atoms with van der Waals surface area (Å²) in [6.45, 7) is 5.90. The summed E-state index contributed by atoms with van der Waals surface area (Å²) in [5, 5.41) is 5.55. The normalized spacial score (nSPS) is 10.4. The molecule has 0 bridgehead atoms. The Morgan fingerprint density at radius 2 is 1.70 bits per heavy atom. The van der Waals surface area contributed by atoms with Gasteiger partial charge in [-0.15, -0.1) is 0 Å². The molecule has 2 aromatic carbocycles. The standard InChI is InChI=1S/C21H25BrN2O3/c1-13-9-14(2)21(15(3)10-13)24-20(26)12-23-19(25)8-6-16-5-7-18(27-4)17(22)11-16/h5,7,9-11H,6,8,12H2,1-4H3,(H,23,25)(H,24,26). The lowest BCUT2D eigenvalue weighted by Gasteiger charge is -2.13. The Morgan fingerprint density at radius 1 is 1.04 bits per heavy atom. The highest BCUT2D eigenvalue weighted by molar-refractivity contribution is 9.10. The van der Waals surface area contributed by atoms with Gasteiger partial charge in [0, 0.05) is 12.1 Å². The summed E-state index contributed by atoms with van der Waals surface area (Å²) in [5.74, 6) is 0.363. The average molecular weight is 433 g/mol. The van der Waals surface area contributed by atoms with Crippen LogP contribution in [0.4, 0.5) is 5.69 Å². The van der Waals surface area contributed by atoms with Crippen LogP contribution < -0.4 is 15.4 Å². The Kier molecular flexibility index (Phi) is 7.42. The molecule has 0 aliphatic rings. The maximum Gasteiger partial charge on any atom is 0.243 e. The van der Waals surface area contributed by atoms with Crippen molar-refractivity contribution < 1.29 is 14.3 Å². The summed E-state index contributed by atoms with van der Waals surface area (Å²) in [6.07, 6.45) is 0.904. The molecule has 0 aromatic heterocycles. The van der Waals surface area contributed by atoms with Crippen LogP contribution in [0.1, 0.15) is 28.7 Å². The first-order valence-electron chi connectivity index (χ1n) is 8.77. The van der Waals surface area contributed by atoms with E-state index in [1.807, 2.05) is 51.1 Å². The molecule has 2 amide bonds. The number of hydrogen-bond acceptors (Lipinski definition) is 3. The topological polar surface area (TPSA) is 67.4 Å². The number of carbonyl (C=O) groups excluding carboxylic acids is 2. The Balaban J connectivity index is 1.81. The molecule has 0 saturated carbocycles. The minimum atomic E-state index is -0.231. The zero-order valence-corrected chi connectivity index (χ0v) is 17.7. The number of methoxy groups -OCH3 is 1. The molecule has 144 valence electrons. The van der Waals surface area contributed by atoms with Gasteiger partial charge in [-0.3, -0.25) is 9.59 Å². The van der Waals surface area contributed by atoms with Crippen LogP contribution >= 0.6 is 15.9 Å². The van der Waals surface area contributed by atoms with Crippen LogP contribution in [0, 0.1) is 20.8 Å². The fourth-order valence-electron chi connectivity index (χ4n) is 2.95. The van der Waals surface area contributed by atoms with E-state index in [9.17, 15) is 9.59 Å². The molecular formula is C21H25BrN2O3. The van der Waals surface area contributed by atoms with Gasteiger partial charge in [-0.2, -0.15) is 0 Å². The Bertz CT molecular complexity index is 826. The van der Waals surface area contributed by atoms with Crippen LogP contribution in [-0.4, -0.2) is 25.5 Å². The summed E-state index contributed by atoms with van der Waals surface area (Å²) in [5.41, 5.74) is 5.01. The molecule has 0 aliphatic carbocycles. The minimum Gasteiger partial charge on any atom is -0.496 e. The second kappa shape index (κ2) is 9.55. The molecule has 2 N–H and O–H groups in total. The second-order valence-electron chi connectivity index (χ2n) is 6.57. The van der Waals surface area contributed by atoms with E-state index in [4.69, 9.17) is 4.74 Å². The third kappa shape index (κ3) is 6.10. The molecule has 0 saturated heterocycles. The summed E-state index contributed by atoms with van der Waals surface area (Å²) in [4.78, 5) is 24.2. The summed E-state index contributed by atoms with van der Waals surface area (Å²) in [7, 11) is 1.61. The number of aryl methyl sites for hydroxylation is 4. The van der Waals surface area contributed by atoms with Crippen molar-refractivity contribution in [3.8, 4) is 5.75 Å². The first kappa shape index (κ1) is 21.0. The first-order valence-corrected chi connectivity index (χ1v) is 9.56. The molecule has 0 aliphatic heterocycles. The third-order valence-electron chi connectivity index (χ3n) is 4.24. The van der Waals surface area contributed by atoms with Crippen LogP contribution in [0.3, 0.4) is 0 Å². The molecule has 2 aromatic rings. The van der Waals surface area contributed by atoms with Gasteiger partial charge in [0.1, 0.15) is 5.75 Å². The van der Waals surface area contributed by atoms with Gasteiger partial charge in [-0.25, -0.2) is 0 Å². The smallest absolute Gasteiger partial charge is 0.243 e. The number of benzene rings is 2. The molecule has 6 heteroatoms. The Hall–Kier alpha value is -2.34. The number of rotatable bonds is 7. The van der Waals surface area contributed by atoms with Crippen LogP contribution in [0.25, 0.3) is 0 Å². The Morgan fingerprint density at radius 3 is 2.30 bits per heavy atom. The SMILES string of the molecule is COc1ccc(CCC(=O)NCC(=O)Nc2c(C)cc(C)cc2C)cc1Br.